The third-order valence-corrected chi connectivity index (χ3v) is 3.25. The Bertz CT molecular complexity index is 890. The fraction of sp³-hybridized carbons (Fsp3) is 0.0625. The van der Waals surface area contributed by atoms with Crippen molar-refractivity contribution in [2.75, 3.05) is 0 Å². The van der Waals surface area contributed by atoms with Crippen molar-refractivity contribution in [1.82, 2.24) is 9.38 Å². The van der Waals surface area contributed by atoms with Crippen LogP contribution in [0.2, 0.25) is 0 Å². The minimum atomic E-state index is -0.465. The van der Waals surface area contributed by atoms with Gasteiger partial charge in [-0.15, -0.1) is 0 Å². The van der Waals surface area contributed by atoms with Gasteiger partial charge in [0.2, 0.25) is 0 Å². The minimum Gasteiger partial charge on any atom is -0.370 e. The van der Waals surface area contributed by atoms with E-state index in [1.807, 2.05) is 41.9 Å². The average molecular weight is 293 g/mol. The average Bonchev–Trinajstić information content (AvgIpc) is 2.86. The summed E-state index contributed by atoms with van der Waals surface area (Å²) in [5, 5.41) is 0. The molecule has 0 spiro atoms. The van der Waals surface area contributed by atoms with E-state index in [0.29, 0.717) is 5.56 Å². The number of carbonyl (C=O) groups is 1. The molecule has 6 heteroatoms. The van der Waals surface area contributed by atoms with Crippen LogP contribution in [0.15, 0.2) is 53.8 Å². The van der Waals surface area contributed by atoms with Crippen LogP contribution >= 0.6 is 0 Å². The lowest BCUT2D eigenvalue weighted by Gasteiger charge is -2.05. The largest absolute Gasteiger partial charge is 0.370 e. The molecule has 3 rings (SSSR count). The second-order valence-corrected chi connectivity index (χ2v) is 4.96. The van der Waals surface area contributed by atoms with E-state index < -0.39 is 5.91 Å². The predicted octanol–water partition coefficient (Wildman–Crippen LogP) is 1.72. The molecule has 0 atom stereocenters. The summed E-state index contributed by atoms with van der Waals surface area (Å²) in [6.45, 7) is 1.94. The molecule has 0 fully saturated rings. The normalized spacial score (nSPS) is 10.6. The molecule has 1 aromatic carbocycles. The molecule has 0 radical (unpaired) electrons. The maximum Gasteiger partial charge on any atom is 0.280 e. The van der Waals surface area contributed by atoms with E-state index in [1.165, 1.54) is 0 Å². The minimum absolute atomic E-state index is 0.249. The Balaban J connectivity index is 2.12. The Hall–Kier alpha value is -3.15. The van der Waals surface area contributed by atoms with Crippen molar-refractivity contribution < 1.29 is 4.79 Å². The van der Waals surface area contributed by atoms with Crippen molar-refractivity contribution in [2.45, 2.75) is 6.92 Å². The summed E-state index contributed by atoms with van der Waals surface area (Å²) >= 11 is 0. The maximum absolute atomic E-state index is 11.9. The topological polar surface area (TPSA) is 98.8 Å². The molecule has 22 heavy (non-hydrogen) atoms. The number of carbonyl (C=O) groups excluding carboxylic acids is 1. The van der Waals surface area contributed by atoms with E-state index in [2.05, 4.69) is 9.98 Å². The van der Waals surface area contributed by atoms with Gasteiger partial charge >= 0.3 is 0 Å². The molecule has 0 bridgehead atoms. The number of fused-ring (bicyclic) bond motifs is 1. The molecule has 0 saturated heterocycles. The number of aryl methyl sites for hydroxylation is 1. The van der Waals surface area contributed by atoms with Crippen LogP contribution in [0.1, 0.15) is 16.1 Å². The Morgan fingerprint density at radius 1 is 1.23 bits per heavy atom. The Labute approximate surface area is 127 Å². The lowest BCUT2D eigenvalue weighted by Crippen LogP contribution is -2.24. The molecule has 0 aliphatic rings. The van der Waals surface area contributed by atoms with Gasteiger partial charge in [0.05, 0.1) is 5.69 Å². The van der Waals surface area contributed by atoms with E-state index >= 15 is 0 Å². The number of guanidine groups is 1. The molecule has 0 saturated carbocycles. The first-order valence-corrected chi connectivity index (χ1v) is 6.73. The second kappa shape index (κ2) is 5.33. The molecule has 110 valence electrons. The zero-order valence-electron chi connectivity index (χ0n) is 12.0. The monoisotopic (exact) mass is 293 g/mol. The van der Waals surface area contributed by atoms with E-state index in [4.69, 9.17) is 11.5 Å². The highest BCUT2D eigenvalue weighted by Gasteiger charge is 2.10. The number of hydrogen-bond acceptors (Lipinski definition) is 2. The lowest BCUT2D eigenvalue weighted by atomic mass is 10.0. The molecule has 0 aliphatic heterocycles. The van der Waals surface area contributed by atoms with Crippen molar-refractivity contribution in [3.8, 4) is 11.1 Å². The Morgan fingerprint density at radius 2 is 2.05 bits per heavy atom. The molecule has 1 amide bonds. The van der Waals surface area contributed by atoms with Crippen LogP contribution in [0.5, 0.6) is 0 Å². The van der Waals surface area contributed by atoms with Gasteiger partial charge in [0.25, 0.3) is 5.91 Å². The second-order valence-electron chi connectivity index (χ2n) is 4.96. The third kappa shape index (κ3) is 2.54. The van der Waals surface area contributed by atoms with E-state index in [9.17, 15) is 4.79 Å². The van der Waals surface area contributed by atoms with Gasteiger partial charge in [-0.3, -0.25) is 4.79 Å². The highest BCUT2D eigenvalue weighted by molar-refractivity contribution is 6.02. The summed E-state index contributed by atoms with van der Waals surface area (Å²) < 4.78 is 1.95. The van der Waals surface area contributed by atoms with Gasteiger partial charge in [0.1, 0.15) is 5.65 Å². The van der Waals surface area contributed by atoms with E-state index in [0.717, 1.165) is 22.5 Å². The van der Waals surface area contributed by atoms with Gasteiger partial charge in [0, 0.05) is 23.5 Å². The zero-order valence-corrected chi connectivity index (χ0v) is 12.0. The van der Waals surface area contributed by atoms with Crippen molar-refractivity contribution in [3.63, 3.8) is 0 Å². The molecular formula is C16H15N5O. The number of hydrogen-bond donors (Lipinski definition) is 2. The fourth-order valence-electron chi connectivity index (χ4n) is 2.36. The molecule has 0 unspecified atom stereocenters. The summed E-state index contributed by atoms with van der Waals surface area (Å²) in [6.07, 6.45) is 3.89. The van der Waals surface area contributed by atoms with Crippen molar-refractivity contribution in [1.29, 1.82) is 0 Å². The summed E-state index contributed by atoms with van der Waals surface area (Å²) in [5.74, 6) is -0.713. The van der Waals surface area contributed by atoms with Gasteiger partial charge in [-0.25, -0.2) is 4.98 Å². The molecule has 3 aromatic rings. The van der Waals surface area contributed by atoms with Crippen LogP contribution in [-0.2, 0) is 0 Å². The van der Waals surface area contributed by atoms with Gasteiger partial charge < -0.3 is 15.9 Å². The number of benzene rings is 1. The number of aromatic nitrogens is 2. The van der Waals surface area contributed by atoms with Crippen LogP contribution in [0.4, 0.5) is 0 Å². The van der Waals surface area contributed by atoms with Crippen LogP contribution in [0, 0.1) is 6.92 Å². The van der Waals surface area contributed by atoms with Crippen LogP contribution in [0.25, 0.3) is 16.8 Å². The summed E-state index contributed by atoms with van der Waals surface area (Å²) in [6, 6.07) is 11.1. The van der Waals surface area contributed by atoms with E-state index in [-0.39, 0.29) is 5.96 Å². The number of aliphatic imine (C=N–C) groups is 1. The first kappa shape index (κ1) is 13.8. The maximum atomic E-state index is 11.9. The summed E-state index contributed by atoms with van der Waals surface area (Å²) in [4.78, 5) is 20.0. The van der Waals surface area contributed by atoms with Gasteiger partial charge in [-0.05, 0) is 36.8 Å². The lowest BCUT2D eigenvalue weighted by molar-refractivity contribution is 0.100. The SMILES string of the molecule is Cc1cn2cccc(-c3cccc(C(=O)N=C(N)N)c3)c2n1. The number of rotatable bonds is 2. The van der Waals surface area contributed by atoms with E-state index in [1.54, 1.807) is 18.2 Å². The number of imidazole rings is 1. The number of nitrogens with zero attached hydrogens (tertiary/aromatic N) is 3. The standard InChI is InChI=1S/C16H15N5O/c1-10-9-21-7-3-6-13(14(21)19-10)11-4-2-5-12(8-11)15(22)20-16(17)18/h2-9H,1H3,(H4,17,18,20,22). The van der Waals surface area contributed by atoms with Crippen molar-refractivity contribution in [3.05, 3.63) is 60.0 Å². The fourth-order valence-corrected chi connectivity index (χ4v) is 2.36. The molecule has 0 aliphatic carbocycles. The van der Waals surface area contributed by atoms with Gasteiger partial charge in [-0.1, -0.05) is 12.1 Å². The van der Waals surface area contributed by atoms with Gasteiger partial charge in [-0.2, -0.15) is 4.99 Å². The highest BCUT2D eigenvalue weighted by atomic mass is 16.1. The van der Waals surface area contributed by atoms with Crippen LogP contribution in [-0.4, -0.2) is 21.3 Å². The quantitative estimate of drug-likeness (QED) is 0.555. The van der Waals surface area contributed by atoms with Crippen LogP contribution < -0.4 is 11.5 Å². The number of nitrogens with two attached hydrogens (primary N) is 2. The summed E-state index contributed by atoms with van der Waals surface area (Å²) in [7, 11) is 0. The Kier molecular flexibility index (Phi) is 3.34. The van der Waals surface area contributed by atoms with Gasteiger partial charge in [0.15, 0.2) is 5.96 Å². The molecule has 2 aromatic heterocycles. The Morgan fingerprint density at radius 3 is 2.82 bits per heavy atom. The molecular weight excluding hydrogens is 278 g/mol. The first-order chi connectivity index (χ1) is 10.5. The van der Waals surface area contributed by atoms with Crippen molar-refractivity contribution in [2.24, 2.45) is 16.5 Å². The van der Waals surface area contributed by atoms with Crippen molar-refractivity contribution >= 4 is 17.5 Å². The predicted molar refractivity (Wildman–Crippen MR) is 85.5 cm³/mol. The zero-order chi connectivity index (χ0) is 15.7. The third-order valence-electron chi connectivity index (χ3n) is 3.25. The number of amides is 1. The molecule has 2 heterocycles. The van der Waals surface area contributed by atoms with Crippen LogP contribution in [0.3, 0.4) is 0 Å². The summed E-state index contributed by atoms with van der Waals surface area (Å²) in [5.41, 5.74) is 14.5. The highest BCUT2D eigenvalue weighted by Crippen LogP contribution is 2.25. The smallest absolute Gasteiger partial charge is 0.280 e. The number of pyridine rings is 1. The molecule has 4 N–H and O–H groups in total. The first-order valence-electron chi connectivity index (χ1n) is 6.73. The molecule has 6 nitrogen and oxygen atoms in total.